The Bertz CT molecular complexity index is 559. The van der Waals surface area contributed by atoms with Crippen molar-refractivity contribution in [3.05, 3.63) is 23.8 Å². The van der Waals surface area contributed by atoms with Crippen LogP contribution >= 0.6 is 0 Å². The van der Waals surface area contributed by atoms with Gasteiger partial charge in [0.25, 0.3) is 5.91 Å². The van der Waals surface area contributed by atoms with E-state index >= 15 is 0 Å². The van der Waals surface area contributed by atoms with Crippen LogP contribution in [-0.2, 0) is 11.2 Å². The Hall–Kier alpha value is -2.24. The molecule has 0 aromatic heterocycles. The fourth-order valence-electron chi connectivity index (χ4n) is 2.50. The molecule has 6 nitrogen and oxygen atoms in total. The predicted octanol–water partition coefficient (Wildman–Crippen LogP) is 0.974. The molecule has 1 fully saturated rings. The number of amides is 3. The zero-order valence-electron chi connectivity index (χ0n) is 11.3. The number of hydrogen-bond donors (Lipinski definition) is 2. The van der Waals surface area contributed by atoms with E-state index in [0.717, 1.165) is 23.4 Å². The number of urea groups is 1. The van der Waals surface area contributed by atoms with Gasteiger partial charge in [-0.3, -0.25) is 9.69 Å². The molecule has 3 amide bonds. The lowest BCUT2D eigenvalue weighted by Crippen LogP contribution is -2.43. The maximum Gasteiger partial charge on any atom is 0.324 e. The van der Waals surface area contributed by atoms with Gasteiger partial charge < -0.3 is 15.4 Å². The average molecular weight is 275 g/mol. The molecule has 106 valence electrons. The van der Waals surface area contributed by atoms with Crippen molar-refractivity contribution < 1.29 is 14.3 Å². The minimum absolute atomic E-state index is 0.211. The standard InChI is InChI=1S/C14H17N3O3/c1-9(13(18)17-6-5-15-14(17)19)16-11-2-3-12-10(8-11)4-7-20-12/h2-3,8-9,16H,4-7H2,1H3,(H,15,19). The van der Waals surface area contributed by atoms with Crippen LogP contribution in [0.5, 0.6) is 5.75 Å². The number of rotatable bonds is 3. The van der Waals surface area contributed by atoms with Gasteiger partial charge in [0.15, 0.2) is 0 Å². The third-order valence-electron chi connectivity index (χ3n) is 3.57. The molecule has 1 atom stereocenters. The quantitative estimate of drug-likeness (QED) is 0.862. The first-order chi connectivity index (χ1) is 9.65. The second-order valence-electron chi connectivity index (χ2n) is 5.01. The largest absolute Gasteiger partial charge is 0.493 e. The third kappa shape index (κ3) is 2.29. The monoisotopic (exact) mass is 275 g/mol. The van der Waals surface area contributed by atoms with Crippen molar-refractivity contribution in [1.82, 2.24) is 10.2 Å². The zero-order chi connectivity index (χ0) is 14.1. The van der Waals surface area contributed by atoms with Gasteiger partial charge in [-0.05, 0) is 30.7 Å². The van der Waals surface area contributed by atoms with Gasteiger partial charge >= 0.3 is 6.03 Å². The first-order valence-corrected chi connectivity index (χ1v) is 6.76. The molecule has 2 aliphatic rings. The Morgan fingerprint density at radius 2 is 2.35 bits per heavy atom. The summed E-state index contributed by atoms with van der Waals surface area (Å²) >= 11 is 0. The van der Waals surface area contributed by atoms with Crippen LogP contribution in [0.1, 0.15) is 12.5 Å². The second-order valence-corrected chi connectivity index (χ2v) is 5.01. The highest BCUT2D eigenvalue weighted by atomic mass is 16.5. The third-order valence-corrected chi connectivity index (χ3v) is 3.57. The number of hydrogen-bond acceptors (Lipinski definition) is 4. The topological polar surface area (TPSA) is 70.7 Å². The molecule has 1 aromatic carbocycles. The second kappa shape index (κ2) is 5.03. The van der Waals surface area contributed by atoms with Crippen molar-refractivity contribution in [2.45, 2.75) is 19.4 Å². The van der Waals surface area contributed by atoms with E-state index in [1.165, 1.54) is 4.90 Å². The molecular weight excluding hydrogens is 258 g/mol. The molecule has 3 rings (SSSR count). The van der Waals surface area contributed by atoms with Gasteiger partial charge in [-0.25, -0.2) is 4.79 Å². The number of imide groups is 1. The fourth-order valence-corrected chi connectivity index (χ4v) is 2.50. The van der Waals surface area contributed by atoms with Crippen LogP contribution in [0.3, 0.4) is 0 Å². The van der Waals surface area contributed by atoms with E-state index in [9.17, 15) is 9.59 Å². The van der Waals surface area contributed by atoms with E-state index < -0.39 is 6.04 Å². The van der Waals surface area contributed by atoms with Gasteiger partial charge in [-0.15, -0.1) is 0 Å². The predicted molar refractivity (Wildman–Crippen MR) is 73.8 cm³/mol. The summed E-state index contributed by atoms with van der Waals surface area (Å²) in [6.07, 6.45) is 0.891. The molecule has 0 spiro atoms. The van der Waals surface area contributed by atoms with Crippen molar-refractivity contribution in [3.63, 3.8) is 0 Å². The zero-order valence-corrected chi connectivity index (χ0v) is 11.3. The minimum Gasteiger partial charge on any atom is -0.493 e. The molecule has 2 heterocycles. The van der Waals surface area contributed by atoms with Crippen LogP contribution in [0.15, 0.2) is 18.2 Å². The summed E-state index contributed by atoms with van der Waals surface area (Å²) in [5.41, 5.74) is 2.02. The number of carbonyl (C=O) groups is 2. The number of benzene rings is 1. The molecule has 0 aliphatic carbocycles. The van der Waals surface area contributed by atoms with Gasteiger partial charge in [-0.2, -0.15) is 0 Å². The van der Waals surface area contributed by atoms with Crippen LogP contribution < -0.4 is 15.4 Å². The lowest BCUT2D eigenvalue weighted by Gasteiger charge is -2.20. The Morgan fingerprint density at radius 3 is 3.10 bits per heavy atom. The number of ether oxygens (including phenoxy) is 1. The van der Waals surface area contributed by atoms with Crippen LogP contribution in [0.4, 0.5) is 10.5 Å². The van der Waals surface area contributed by atoms with E-state index in [4.69, 9.17) is 4.74 Å². The van der Waals surface area contributed by atoms with E-state index in [-0.39, 0.29) is 11.9 Å². The first-order valence-electron chi connectivity index (χ1n) is 6.76. The molecule has 2 N–H and O–H groups in total. The minimum atomic E-state index is -0.445. The van der Waals surface area contributed by atoms with Gasteiger partial charge in [0, 0.05) is 25.2 Å². The van der Waals surface area contributed by atoms with Crippen molar-refractivity contribution in [3.8, 4) is 5.75 Å². The van der Waals surface area contributed by atoms with Crippen LogP contribution in [-0.4, -0.2) is 42.6 Å². The number of nitrogens with one attached hydrogen (secondary N) is 2. The average Bonchev–Trinajstić information content (AvgIpc) is 3.05. The maximum atomic E-state index is 12.2. The summed E-state index contributed by atoms with van der Waals surface area (Å²) < 4.78 is 5.45. The number of anilines is 1. The molecule has 20 heavy (non-hydrogen) atoms. The van der Waals surface area contributed by atoms with Gasteiger partial charge in [0.05, 0.1) is 6.61 Å². The van der Waals surface area contributed by atoms with Crippen LogP contribution in [0.25, 0.3) is 0 Å². The number of carbonyl (C=O) groups excluding carboxylic acids is 2. The van der Waals surface area contributed by atoms with Gasteiger partial charge in [0.2, 0.25) is 0 Å². The summed E-state index contributed by atoms with van der Waals surface area (Å²) in [5, 5.41) is 5.77. The summed E-state index contributed by atoms with van der Waals surface area (Å²) in [5.74, 6) is 0.699. The number of fused-ring (bicyclic) bond motifs is 1. The molecule has 0 radical (unpaired) electrons. The van der Waals surface area contributed by atoms with Crippen molar-refractivity contribution in [1.29, 1.82) is 0 Å². The fraction of sp³-hybridized carbons (Fsp3) is 0.429. The highest BCUT2D eigenvalue weighted by molar-refractivity contribution is 5.99. The van der Waals surface area contributed by atoms with E-state index in [0.29, 0.717) is 19.7 Å². The normalized spacial score (nSPS) is 18.2. The molecule has 1 aromatic rings. The molecule has 2 aliphatic heterocycles. The molecule has 1 saturated heterocycles. The molecular formula is C14H17N3O3. The highest BCUT2D eigenvalue weighted by Crippen LogP contribution is 2.28. The molecule has 1 unspecified atom stereocenters. The van der Waals surface area contributed by atoms with Crippen LogP contribution in [0, 0.1) is 0 Å². The first kappa shape index (κ1) is 12.8. The maximum absolute atomic E-state index is 12.2. The molecule has 0 saturated carbocycles. The van der Waals surface area contributed by atoms with Crippen molar-refractivity contribution in [2.24, 2.45) is 0 Å². The van der Waals surface area contributed by atoms with E-state index in [2.05, 4.69) is 10.6 Å². The summed E-state index contributed by atoms with van der Waals surface area (Å²) in [6.45, 7) is 3.42. The van der Waals surface area contributed by atoms with Crippen LogP contribution in [0.2, 0.25) is 0 Å². The Kier molecular flexibility index (Phi) is 3.22. The van der Waals surface area contributed by atoms with Gasteiger partial charge in [-0.1, -0.05) is 0 Å². The lowest BCUT2D eigenvalue weighted by atomic mass is 10.1. The Morgan fingerprint density at radius 1 is 1.50 bits per heavy atom. The Labute approximate surface area is 117 Å². The Balaban J connectivity index is 1.68. The summed E-state index contributed by atoms with van der Waals surface area (Å²) in [7, 11) is 0. The lowest BCUT2D eigenvalue weighted by molar-refractivity contribution is -0.128. The molecule has 6 heteroatoms. The molecule has 0 bridgehead atoms. The van der Waals surface area contributed by atoms with E-state index in [1.807, 2.05) is 18.2 Å². The van der Waals surface area contributed by atoms with Crippen molar-refractivity contribution in [2.75, 3.05) is 25.0 Å². The summed E-state index contributed by atoms with van der Waals surface area (Å²) in [6, 6.07) is 5.03. The smallest absolute Gasteiger partial charge is 0.324 e. The van der Waals surface area contributed by atoms with Crippen molar-refractivity contribution >= 4 is 17.6 Å². The number of nitrogens with zero attached hydrogens (tertiary/aromatic N) is 1. The van der Waals surface area contributed by atoms with Gasteiger partial charge in [0.1, 0.15) is 11.8 Å². The summed E-state index contributed by atoms with van der Waals surface area (Å²) in [4.78, 5) is 24.9. The van der Waals surface area contributed by atoms with E-state index in [1.54, 1.807) is 6.92 Å². The highest BCUT2D eigenvalue weighted by Gasteiger charge is 2.29. The SMILES string of the molecule is CC(Nc1ccc2c(c1)CCO2)C(=O)N1CCNC1=O.